The quantitative estimate of drug-likeness (QED) is 0.382. The molecular formula is C22H21N3O4S2. The van der Waals surface area contributed by atoms with Gasteiger partial charge in [0.1, 0.15) is 10.7 Å². The van der Waals surface area contributed by atoms with Crippen molar-refractivity contribution in [3.8, 4) is 0 Å². The van der Waals surface area contributed by atoms with E-state index < -0.39 is 19.9 Å². The van der Waals surface area contributed by atoms with E-state index in [1.165, 1.54) is 24.3 Å². The zero-order chi connectivity index (χ0) is 22.2. The van der Waals surface area contributed by atoms with E-state index in [1.807, 2.05) is 13.8 Å². The molecule has 0 radical (unpaired) electrons. The molecule has 3 N–H and O–H groups in total. The molecule has 3 aromatic carbocycles. The summed E-state index contributed by atoms with van der Waals surface area (Å²) in [7, 11) is -7.86. The van der Waals surface area contributed by atoms with E-state index in [2.05, 4.69) is 15.2 Å². The third-order valence-electron chi connectivity index (χ3n) is 4.90. The van der Waals surface area contributed by atoms with Crippen LogP contribution in [0.5, 0.6) is 0 Å². The summed E-state index contributed by atoms with van der Waals surface area (Å²) in [6.45, 7) is 3.73. The molecule has 4 aromatic rings. The zero-order valence-electron chi connectivity index (χ0n) is 16.9. The molecule has 9 heteroatoms. The number of hydrogen-bond acceptors (Lipinski definition) is 5. The van der Waals surface area contributed by atoms with Gasteiger partial charge in [-0.15, -0.1) is 4.83 Å². The number of benzene rings is 3. The van der Waals surface area contributed by atoms with E-state index in [0.29, 0.717) is 10.9 Å². The Kier molecular flexibility index (Phi) is 5.34. The molecule has 1 heterocycles. The molecule has 0 amide bonds. The Morgan fingerprint density at radius 1 is 0.710 bits per heavy atom. The van der Waals surface area contributed by atoms with Crippen LogP contribution in [-0.2, 0) is 19.9 Å². The molecule has 0 unspecified atom stereocenters. The topological polar surface area (TPSA) is 108 Å². The lowest BCUT2D eigenvalue weighted by Crippen LogP contribution is -2.30. The van der Waals surface area contributed by atoms with Crippen LogP contribution < -0.4 is 10.3 Å². The standard InChI is InChI=1S/C22H21N3O4S2/c1-15-7-11-17(12-8-15)30(26,27)21-19-5-3-4-6-20(19)23-22(21)24-25-31(28,29)18-13-9-16(2)10-14-18/h3-14,23-25H,1-2H3. The minimum Gasteiger partial charge on any atom is -0.339 e. The van der Waals surface area contributed by atoms with Gasteiger partial charge in [-0.05, 0) is 44.2 Å². The summed E-state index contributed by atoms with van der Waals surface area (Å²) < 4.78 is 52.2. The van der Waals surface area contributed by atoms with Gasteiger partial charge in [-0.2, -0.15) is 0 Å². The number of rotatable bonds is 6. The first-order valence-corrected chi connectivity index (χ1v) is 12.4. The largest absolute Gasteiger partial charge is 0.339 e. The molecule has 0 atom stereocenters. The molecule has 0 fully saturated rings. The summed E-state index contributed by atoms with van der Waals surface area (Å²) in [5.74, 6) is 0.0393. The second-order valence-corrected chi connectivity index (χ2v) is 10.8. The molecule has 0 aliphatic carbocycles. The van der Waals surface area contributed by atoms with Gasteiger partial charge in [0.05, 0.1) is 9.79 Å². The van der Waals surface area contributed by atoms with Crippen LogP contribution >= 0.6 is 0 Å². The van der Waals surface area contributed by atoms with Crippen LogP contribution in [0.15, 0.2) is 87.5 Å². The zero-order valence-corrected chi connectivity index (χ0v) is 18.5. The van der Waals surface area contributed by atoms with Crippen molar-refractivity contribution in [2.75, 3.05) is 5.43 Å². The second-order valence-electron chi connectivity index (χ2n) is 7.23. The maximum Gasteiger partial charge on any atom is 0.257 e. The van der Waals surface area contributed by atoms with Gasteiger partial charge < -0.3 is 4.98 Å². The van der Waals surface area contributed by atoms with Crippen LogP contribution in [0.2, 0.25) is 0 Å². The first-order valence-electron chi connectivity index (χ1n) is 9.45. The van der Waals surface area contributed by atoms with E-state index in [-0.39, 0.29) is 20.5 Å². The Balaban J connectivity index is 1.77. The summed E-state index contributed by atoms with van der Waals surface area (Å²) in [5.41, 5.74) is 4.99. The van der Waals surface area contributed by atoms with Gasteiger partial charge in [0.25, 0.3) is 10.0 Å². The lowest BCUT2D eigenvalue weighted by Gasteiger charge is -2.11. The maximum absolute atomic E-state index is 13.4. The van der Waals surface area contributed by atoms with Gasteiger partial charge in [0.15, 0.2) is 0 Å². The lowest BCUT2D eigenvalue weighted by atomic mass is 10.2. The highest BCUT2D eigenvalue weighted by atomic mass is 32.2. The number of nitrogens with one attached hydrogen (secondary N) is 3. The van der Waals surface area contributed by atoms with Crippen molar-refractivity contribution < 1.29 is 16.8 Å². The molecule has 0 aliphatic rings. The van der Waals surface area contributed by atoms with Gasteiger partial charge >= 0.3 is 0 Å². The number of sulfonamides is 1. The number of aromatic amines is 1. The minimum absolute atomic E-state index is 0.0291. The summed E-state index contributed by atoms with van der Waals surface area (Å²) in [6.07, 6.45) is 0. The number of sulfone groups is 1. The Morgan fingerprint density at radius 3 is 1.87 bits per heavy atom. The predicted molar refractivity (Wildman–Crippen MR) is 120 cm³/mol. The van der Waals surface area contributed by atoms with E-state index in [9.17, 15) is 16.8 Å². The fourth-order valence-corrected chi connectivity index (χ4v) is 5.63. The molecule has 160 valence electrons. The molecular weight excluding hydrogens is 434 g/mol. The summed E-state index contributed by atoms with van der Waals surface area (Å²) >= 11 is 0. The van der Waals surface area contributed by atoms with Crippen LogP contribution in [0, 0.1) is 13.8 Å². The molecule has 0 spiro atoms. The summed E-state index contributed by atoms with van der Waals surface area (Å²) in [4.78, 5) is 5.39. The first kappa shape index (κ1) is 21.1. The number of H-pyrrole nitrogens is 1. The average molecular weight is 456 g/mol. The van der Waals surface area contributed by atoms with Gasteiger partial charge in [0, 0.05) is 10.9 Å². The van der Waals surface area contributed by atoms with E-state index in [1.54, 1.807) is 48.5 Å². The number of hydrogen-bond donors (Lipinski definition) is 3. The number of anilines is 1. The Bertz CT molecular complexity index is 1460. The molecule has 0 saturated heterocycles. The van der Waals surface area contributed by atoms with Gasteiger partial charge in [-0.1, -0.05) is 53.6 Å². The molecule has 0 bridgehead atoms. The maximum atomic E-state index is 13.4. The van der Waals surface area contributed by atoms with Crippen molar-refractivity contribution >= 4 is 36.6 Å². The summed E-state index contributed by atoms with van der Waals surface area (Å²) in [6, 6.07) is 19.7. The first-order chi connectivity index (χ1) is 14.7. The van der Waals surface area contributed by atoms with Gasteiger partial charge in [-0.25, -0.2) is 16.8 Å². The van der Waals surface area contributed by atoms with Crippen LogP contribution in [0.25, 0.3) is 10.9 Å². The third kappa shape index (κ3) is 4.07. The normalized spacial score (nSPS) is 12.2. The van der Waals surface area contributed by atoms with Gasteiger partial charge in [0.2, 0.25) is 9.84 Å². The van der Waals surface area contributed by atoms with Crippen molar-refractivity contribution in [1.29, 1.82) is 0 Å². The molecule has 4 rings (SSSR count). The number of fused-ring (bicyclic) bond motifs is 1. The Hall–Kier alpha value is -3.14. The highest BCUT2D eigenvalue weighted by Gasteiger charge is 2.27. The van der Waals surface area contributed by atoms with E-state index in [4.69, 9.17) is 0 Å². The number of para-hydroxylation sites is 1. The fourth-order valence-electron chi connectivity index (χ4n) is 3.21. The Morgan fingerprint density at radius 2 is 1.26 bits per heavy atom. The Labute approximate surface area is 181 Å². The van der Waals surface area contributed by atoms with Crippen LogP contribution in [0.1, 0.15) is 11.1 Å². The van der Waals surface area contributed by atoms with Crippen molar-refractivity contribution in [2.24, 2.45) is 0 Å². The predicted octanol–water partition coefficient (Wildman–Crippen LogP) is 3.92. The highest BCUT2D eigenvalue weighted by molar-refractivity contribution is 7.92. The minimum atomic E-state index is -3.94. The number of hydrazine groups is 1. The van der Waals surface area contributed by atoms with Crippen LogP contribution in [-0.4, -0.2) is 21.8 Å². The number of aryl methyl sites for hydroxylation is 2. The van der Waals surface area contributed by atoms with Crippen molar-refractivity contribution in [1.82, 2.24) is 9.82 Å². The van der Waals surface area contributed by atoms with Crippen molar-refractivity contribution in [3.63, 3.8) is 0 Å². The molecule has 0 saturated carbocycles. The smallest absolute Gasteiger partial charge is 0.257 e. The van der Waals surface area contributed by atoms with Crippen molar-refractivity contribution in [3.05, 3.63) is 83.9 Å². The molecule has 7 nitrogen and oxygen atoms in total. The van der Waals surface area contributed by atoms with Crippen molar-refractivity contribution in [2.45, 2.75) is 28.5 Å². The highest BCUT2D eigenvalue weighted by Crippen LogP contribution is 2.34. The molecule has 0 aliphatic heterocycles. The van der Waals surface area contributed by atoms with Crippen LogP contribution in [0.3, 0.4) is 0 Å². The number of aromatic nitrogens is 1. The van der Waals surface area contributed by atoms with E-state index >= 15 is 0 Å². The van der Waals surface area contributed by atoms with E-state index in [0.717, 1.165) is 11.1 Å². The molecule has 1 aromatic heterocycles. The monoisotopic (exact) mass is 455 g/mol. The molecule has 31 heavy (non-hydrogen) atoms. The third-order valence-corrected chi connectivity index (χ3v) is 8.02. The lowest BCUT2D eigenvalue weighted by molar-refractivity contribution is 0.586. The van der Waals surface area contributed by atoms with Gasteiger partial charge in [-0.3, -0.25) is 5.43 Å². The van der Waals surface area contributed by atoms with Crippen LogP contribution in [0.4, 0.5) is 5.82 Å². The average Bonchev–Trinajstić information content (AvgIpc) is 3.12. The fraction of sp³-hybridized carbons (Fsp3) is 0.0909. The SMILES string of the molecule is Cc1ccc(S(=O)(=O)NNc2[nH]c3ccccc3c2S(=O)(=O)c2ccc(C)cc2)cc1. The second kappa shape index (κ2) is 7.84. The summed E-state index contributed by atoms with van der Waals surface area (Å²) in [5, 5.41) is 0.458.